The Hall–Kier alpha value is -1.78. The zero-order valence-corrected chi connectivity index (χ0v) is 14.7. The van der Waals surface area contributed by atoms with Gasteiger partial charge < -0.3 is 0 Å². The first-order chi connectivity index (χ1) is 11.1. The third-order valence-corrected chi connectivity index (χ3v) is 4.46. The molecule has 0 spiro atoms. The lowest BCUT2D eigenvalue weighted by Gasteiger charge is -2.07. The Labute approximate surface area is 146 Å². The average Bonchev–Trinajstić information content (AvgIpc) is 2.56. The van der Waals surface area contributed by atoms with Crippen LogP contribution in [0.5, 0.6) is 0 Å². The number of halogens is 1. The summed E-state index contributed by atoms with van der Waals surface area (Å²) in [6.07, 6.45) is 4.88. The van der Waals surface area contributed by atoms with Gasteiger partial charge in [0.1, 0.15) is 0 Å². The van der Waals surface area contributed by atoms with E-state index in [2.05, 4.69) is 29.6 Å². The Bertz CT molecular complexity index is 699. The minimum Gasteiger partial charge on any atom is -0.273 e. The molecule has 0 atom stereocenters. The van der Waals surface area contributed by atoms with Crippen LogP contribution in [-0.2, 0) is 17.6 Å². The number of rotatable bonds is 6. The fourth-order valence-electron chi connectivity index (χ4n) is 2.12. The third kappa shape index (κ3) is 5.41. The van der Waals surface area contributed by atoms with Crippen molar-refractivity contribution in [3.05, 3.63) is 64.2 Å². The van der Waals surface area contributed by atoms with Crippen LogP contribution in [0.2, 0.25) is 5.02 Å². The Kier molecular flexibility index (Phi) is 6.68. The molecule has 5 heteroatoms. The van der Waals surface area contributed by atoms with E-state index in [1.165, 1.54) is 5.56 Å². The molecule has 23 heavy (non-hydrogen) atoms. The highest BCUT2D eigenvalue weighted by atomic mass is 35.5. The van der Waals surface area contributed by atoms with Crippen LogP contribution < -0.4 is 5.43 Å². The molecule has 3 nitrogen and oxygen atoms in total. The largest absolute Gasteiger partial charge is 0.273 e. The summed E-state index contributed by atoms with van der Waals surface area (Å²) in [6, 6.07) is 13.6. The van der Waals surface area contributed by atoms with Crippen molar-refractivity contribution in [2.24, 2.45) is 5.10 Å². The van der Waals surface area contributed by atoms with Gasteiger partial charge in [-0.1, -0.05) is 42.8 Å². The highest BCUT2D eigenvalue weighted by Crippen LogP contribution is 2.24. The number of carbonyl (C=O) groups excluding carboxylic acids is 1. The normalized spacial score (nSPS) is 10.9. The average molecular weight is 347 g/mol. The number of nitrogens with one attached hydrogen (secondary N) is 1. The molecule has 0 aliphatic rings. The minimum atomic E-state index is -0.163. The van der Waals surface area contributed by atoms with E-state index in [1.807, 2.05) is 36.6 Å². The molecule has 1 amide bonds. The van der Waals surface area contributed by atoms with Gasteiger partial charge in [-0.15, -0.1) is 11.8 Å². The first-order valence-corrected chi connectivity index (χ1v) is 8.96. The second-order valence-corrected chi connectivity index (χ2v) is 6.31. The predicted octanol–water partition coefficient (Wildman–Crippen LogP) is 4.32. The maximum Gasteiger partial charge on any atom is 0.244 e. The van der Waals surface area contributed by atoms with E-state index in [1.54, 1.807) is 18.0 Å². The molecule has 120 valence electrons. The standard InChI is InChI=1S/C18H19ClN2OS/c1-3-13-4-6-14(7-5-13)12-20-21-18(22)11-15-10-16(19)8-9-17(15)23-2/h4-10,12H,3,11H2,1-2H3,(H,21,22)/b20-12-. The maximum absolute atomic E-state index is 12.0. The van der Waals surface area contributed by atoms with Crippen molar-refractivity contribution in [2.45, 2.75) is 24.7 Å². The zero-order chi connectivity index (χ0) is 16.7. The maximum atomic E-state index is 12.0. The molecule has 0 radical (unpaired) electrons. The molecule has 0 heterocycles. The minimum absolute atomic E-state index is 0.163. The SMILES string of the molecule is CCc1ccc(/C=N\NC(=O)Cc2cc(Cl)ccc2SC)cc1. The van der Waals surface area contributed by atoms with Gasteiger partial charge in [-0.05, 0) is 47.6 Å². The molecule has 0 aliphatic heterocycles. The summed E-state index contributed by atoms with van der Waals surface area (Å²) in [5.41, 5.74) is 5.69. The second-order valence-electron chi connectivity index (χ2n) is 5.02. The van der Waals surface area contributed by atoms with E-state index < -0.39 is 0 Å². The lowest BCUT2D eigenvalue weighted by molar-refractivity contribution is -0.120. The smallest absolute Gasteiger partial charge is 0.244 e. The van der Waals surface area contributed by atoms with Crippen LogP contribution in [0.1, 0.15) is 23.6 Å². The molecule has 0 saturated carbocycles. The summed E-state index contributed by atoms with van der Waals surface area (Å²) in [5, 5.41) is 4.64. The molecular weight excluding hydrogens is 328 g/mol. The number of hydrogen-bond donors (Lipinski definition) is 1. The molecule has 0 fully saturated rings. The van der Waals surface area contributed by atoms with Crippen LogP contribution in [0.4, 0.5) is 0 Å². The number of benzene rings is 2. The van der Waals surface area contributed by atoms with Gasteiger partial charge >= 0.3 is 0 Å². The highest BCUT2D eigenvalue weighted by Gasteiger charge is 2.08. The summed E-state index contributed by atoms with van der Waals surface area (Å²) >= 11 is 7.59. The first-order valence-electron chi connectivity index (χ1n) is 7.35. The Morgan fingerprint density at radius 3 is 2.65 bits per heavy atom. The van der Waals surface area contributed by atoms with Crippen molar-refractivity contribution >= 4 is 35.5 Å². The number of amides is 1. The lowest BCUT2D eigenvalue weighted by atomic mass is 10.1. The molecule has 2 aromatic rings. The van der Waals surface area contributed by atoms with Gasteiger partial charge in [0.25, 0.3) is 0 Å². The molecule has 0 saturated heterocycles. The number of aryl methyl sites for hydroxylation is 1. The van der Waals surface area contributed by atoms with Crippen molar-refractivity contribution in [2.75, 3.05) is 6.26 Å². The lowest BCUT2D eigenvalue weighted by Crippen LogP contribution is -2.20. The fourth-order valence-corrected chi connectivity index (χ4v) is 2.91. The molecule has 0 unspecified atom stereocenters. The van der Waals surface area contributed by atoms with Crippen LogP contribution in [0.3, 0.4) is 0 Å². The number of hydrazone groups is 1. The quantitative estimate of drug-likeness (QED) is 0.481. The Balaban J connectivity index is 1.94. The first kappa shape index (κ1) is 17.6. The van der Waals surface area contributed by atoms with Gasteiger partial charge in [0.2, 0.25) is 5.91 Å². The number of thioether (sulfide) groups is 1. The van der Waals surface area contributed by atoms with Gasteiger partial charge in [0.05, 0.1) is 12.6 Å². The molecule has 0 aliphatic carbocycles. The van der Waals surface area contributed by atoms with Crippen LogP contribution in [-0.4, -0.2) is 18.4 Å². The summed E-state index contributed by atoms with van der Waals surface area (Å²) in [6.45, 7) is 2.11. The zero-order valence-electron chi connectivity index (χ0n) is 13.2. The van der Waals surface area contributed by atoms with Crippen LogP contribution in [0, 0.1) is 0 Å². The monoisotopic (exact) mass is 346 g/mol. The van der Waals surface area contributed by atoms with Gasteiger partial charge in [-0.2, -0.15) is 5.10 Å². The Morgan fingerprint density at radius 2 is 2.00 bits per heavy atom. The van der Waals surface area contributed by atoms with E-state index in [4.69, 9.17) is 11.6 Å². The number of carbonyl (C=O) groups is 1. The van der Waals surface area contributed by atoms with E-state index in [-0.39, 0.29) is 12.3 Å². The number of nitrogens with zero attached hydrogens (tertiary/aromatic N) is 1. The molecule has 2 rings (SSSR count). The van der Waals surface area contributed by atoms with Gasteiger partial charge in [-0.3, -0.25) is 4.79 Å². The highest BCUT2D eigenvalue weighted by molar-refractivity contribution is 7.98. The predicted molar refractivity (Wildman–Crippen MR) is 98.5 cm³/mol. The van der Waals surface area contributed by atoms with Crippen molar-refractivity contribution in [1.82, 2.24) is 5.43 Å². The summed E-state index contributed by atoms with van der Waals surface area (Å²) in [7, 11) is 0. The van der Waals surface area contributed by atoms with Crippen LogP contribution >= 0.6 is 23.4 Å². The van der Waals surface area contributed by atoms with Gasteiger partial charge in [-0.25, -0.2) is 5.43 Å². The Morgan fingerprint density at radius 1 is 1.26 bits per heavy atom. The molecular formula is C18H19ClN2OS. The van der Waals surface area contributed by atoms with Crippen molar-refractivity contribution in [3.8, 4) is 0 Å². The third-order valence-electron chi connectivity index (χ3n) is 3.38. The van der Waals surface area contributed by atoms with Crippen LogP contribution in [0.15, 0.2) is 52.5 Å². The summed E-state index contributed by atoms with van der Waals surface area (Å²) < 4.78 is 0. The second kappa shape index (κ2) is 8.75. The summed E-state index contributed by atoms with van der Waals surface area (Å²) in [5.74, 6) is -0.163. The fraction of sp³-hybridized carbons (Fsp3) is 0.222. The topological polar surface area (TPSA) is 41.5 Å². The van der Waals surface area contributed by atoms with E-state index in [0.717, 1.165) is 22.4 Å². The van der Waals surface area contributed by atoms with Crippen LogP contribution in [0.25, 0.3) is 0 Å². The van der Waals surface area contributed by atoms with Gasteiger partial charge in [0.15, 0.2) is 0 Å². The number of hydrogen-bond acceptors (Lipinski definition) is 3. The van der Waals surface area contributed by atoms with E-state index in [9.17, 15) is 4.79 Å². The van der Waals surface area contributed by atoms with Gasteiger partial charge in [0, 0.05) is 9.92 Å². The molecule has 1 N–H and O–H groups in total. The molecule has 2 aromatic carbocycles. The summed E-state index contributed by atoms with van der Waals surface area (Å²) in [4.78, 5) is 13.1. The molecule has 0 bridgehead atoms. The van der Waals surface area contributed by atoms with Crippen molar-refractivity contribution in [3.63, 3.8) is 0 Å². The molecule has 0 aromatic heterocycles. The van der Waals surface area contributed by atoms with E-state index in [0.29, 0.717) is 5.02 Å². The van der Waals surface area contributed by atoms with Crippen molar-refractivity contribution < 1.29 is 4.79 Å². The van der Waals surface area contributed by atoms with Crippen molar-refractivity contribution in [1.29, 1.82) is 0 Å². The van der Waals surface area contributed by atoms with E-state index >= 15 is 0 Å².